The molecular formula is C33H63NO12. The van der Waals surface area contributed by atoms with Gasteiger partial charge in [-0.2, -0.15) is 0 Å². The van der Waals surface area contributed by atoms with Crippen molar-refractivity contribution in [1.82, 2.24) is 5.32 Å². The quantitative estimate of drug-likeness (QED) is 0.0987. The molecule has 0 bridgehead atoms. The van der Waals surface area contributed by atoms with Crippen molar-refractivity contribution in [2.24, 2.45) is 5.41 Å². The average molecular weight is 666 g/mol. The van der Waals surface area contributed by atoms with Gasteiger partial charge in [-0.15, -0.1) is 0 Å². The number of rotatable bonds is 33. The number of aliphatic carboxylic acids is 1. The fourth-order valence-electron chi connectivity index (χ4n) is 3.76. The Hall–Kier alpha value is -1.55. The lowest BCUT2D eigenvalue weighted by molar-refractivity contribution is -0.140. The first-order valence-electron chi connectivity index (χ1n) is 16.5. The fourth-order valence-corrected chi connectivity index (χ4v) is 3.76. The maximum absolute atomic E-state index is 12.1. The summed E-state index contributed by atoms with van der Waals surface area (Å²) >= 11 is 0. The lowest BCUT2D eigenvalue weighted by Crippen LogP contribution is -2.47. The second-order valence-electron chi connectivity index (χ2n) is 12.8. The van der Waals surface area contributed by atoms with Crippen LogP contribution in [0.1, 0.15) is 73.6 Å². The van der Waals surface area contributed by atoms with Gasteiger partial charge >= 0.3 is 5.97 Å². The highest BCUT2D eigenvalue weighted by Gasteiger charge is 2.23. The molecule has 0 spiro atoms. The normalized spacial score (nSPS) is 12.8. The molecule has 0 aromatic carbocycles. The van der Waals surface area contributed by atoms with Crippen LogP contribution in [0.4, 0.5) is 0 Å². The monoisotopic (exact) mass is 665 g/mol. The molecule has 0 aliphatic heterocycles. The topological polar surface area (TPSA) is 157 Å². The first kappa shape index (κ1) is 44.5. The molecule has 0 rings (SSSR count). The Bertz CT molecular complexity index is 767. The third kappa shape index (κ3) is 31.1. The molecule has 2 N–H and O–H groups in total. The molecule has 1 atom stereocenters. The van der Waals surface area contributed by atoms with Crippen LogP contribution < -0.4 is 5.32 Å². The van der Waals surface area contributed by atoms with Crippen molar-refractivity contribution < 1.29 is 57.4 Å². The van der Waals surface area contributed by atoms with E-state index in [1.165, 1.54) is 0 Å². The molecular weight excluding hydrogens is 602 g/mol. The van der Waals surface area contributed by atoms with E-state index in [0.717, 1.165) is 0 Å². The van der Waals surface area contributed by atoms with Gasteiger partial charge in [-0.05, 0) is 33.6 Å². The number of carboxylic acids is 1. The largest absolute Gasteiger partial charge is 0.480 e. The summed E-state index contributed by atoms with van der Waals surface area (Å²) in [6, 6.07) is -0.731. The summed E-state index contributed by atoms with van der Waals surface area (Å²) in [5, 5.41) is 12.3. The van der Waals surface area contributed by atoms with Gasteiger partial charge in [0, 0.05) is 36.8 Å². The number of ether oxygens (including phenoxy) is 8. The molecule has 0 aliphatic rings. The van der Waals surface area contributed by atoms with Crippen molar-refractivity contribution >= 4 is 17.5 Å². The SMILES string of the molecule is CC(C)(C)NC(CCC(=O)CCCOCCOCCOCCOCCOCCOCCOCCOCCC(=O)C(C)(C)C)C(=O)O. The molecule has 13 heteroatoms. The first-order chi connectivity index (χ1) is 21.8. The highest BCUT2D eigenvalue weighted by Crippen LogP contribution is 2.16. The zero-order valence-corrected chi connectivity index (χ0v) is 29.4. The third-order valence-corrected chi connectivity index (χ3v) is 6.28. The molecule has 272 valence electrons. The van der Waals surface area contributed by atoms with Crippen molar-refractivity contribution in [2.75, 3.05) is 106 Å². The van der Waals surface area contributed by atoms with Crippen LogP contribution in [0, 0.1) is 5.41 Å². The molecule has 0 aromatic rings. The van der Waals surface area contributed by atoms with E-state index < -0.39 is 12.0 Å². The van der Waals surface area contributed by atoms with Gasteiger partial charge < -0.3 is 43.0 Å². The summed E-state index contributed by atoms with van der Waals surface area (Å²) in [5.74, 6) is -0.702. The fraction of sp³-hybridized carbons (Fsp3) is 0.909. The summed E-state index contributed by atoms with van der Waals surface area (Å²) in [7, 11) is 0. The lowest BCUT2D eigenvalue weighted by atomic mass is 9.89. The van der Waals surface area contributed by atoms with E-state index in [0.29, 0.717) is 125 Å². The van der Waals surface area contributed by atoms with Crippen molar-refractivity contribution in [3.05, 3.63) is 0 Å². The molecule has 0 fully saturated rings. The lowest BCUT2D eigenvalue weighted by Gasteiger charge is -2.25. The Morgan fingerprint density at radius 3 is 1.20 bits per heavy atom. The molecule has 0 saturated carbocycles. The Balaban J connectivity index is 3.30. The minimum absolute atomic E-state index is 0.0422. The van der Waals surface area contributed by atoms with Gasteiger partial charge in [-0.25, -0.2) is 0 Å². The number of hydrogen-bond donors (Lipinski definition) is 2. The molecule has 0 aromatic heterocycles. The van der Waals surface area contributed by atoms with Crippen LogP contribution >= 0.6 is 0 Å². The number of nitrogens with one attached hydrogen (secondary N) is 1. The highest BCUT2D eigenvalue weighted by atomic mass is 16.6. The van der Waals surface area contributed by atoms with Gasteiger partial charge in [0.2, 0.25) is 0 Å². The smallest absolute Gasteiger partial charge is 0.320 e. The number of ketones is 2. The maximum atomic E-state index is 12.1. The summed E-state index contributed by atoms with van der Waals surface area (Å²) in [6.45, 7) is 18.8. The standard InChI is InChI=1S/C33H63NO12/c1-32(2,3)30(36)11-13-40-15-17-42-19-21-44-23-25-46-27-26-45-24-22-43-20-18-41-16-14-39-12-7-8-28(35)9-10-29(31(37)38)34-33(4,5)6/h29,34H,7-27H2,1-6H3,(H,37,38). The maximum Gasteiger partial charge on any atom is 0.320 e. The molecule has 0 aliphatic carbocycles. The van der Waals surface area contributed by atoms with Crippen molar-refractivity contribution in [3.63, 3.8) is 0 Å². The van der Waals surface area contributed by atoms with Gasteiger partial charge in [-0.1, -0.05) is 20.8 Å². The number of Topliss-reactive ketones (excluding diaryl/α,β-unsaturated/α-hetero) is 2. The molecule has 0 amide bonds. The van der Waals surface area contributed by atoms with Gasteiger partial charge in [0.1, 0.15) is 17.6 Å². The Kier molecular flexibility index (Phi) is 27.5. The van der Waals surface area contributed by atoms with Crippen LogP contribution in [-0.4, -0.2) is 140 Å². The van der Waals surface area contributed by atoms with Crippen LogP contribution in [0.2, 0.25) is 0 Å². The van der Waals surface area contributed by atoms with Crippen LogP contribution in [-0.2, 0) is 52.3 Å². The Morgan fingerprint density at radius 1 is 0.522 bits per heavy atom. The van der Waals surface area contributed by atoms with E-state index in [1.54, 1.807) is 0 Å². The molecule has 0 saturated heterocycles. The van der Waals surface area contributed by atoms with E-state index in [4.69, 9.17) is 37.9 Å². The molecule has 1 unspecified atom stereocenters. The van der Waals surface area contributed by atoms with Crippen LogP contribution in [0.3, 0.4) is 0 Å². The Morgan fingerprint density at radius 2 is 0.870 bits per heavy atom. The minimum Gasteiger partial charge on any atom is -0.480 e. The number of hydrogen-bond acceptors (Lipinski definition) is 12. The van der Waals surface area contributed by atoms with Crippen molar-refractivity contribution in [2.45, 2.75) is 85.2 Å². The zero-order chi connectivity index (χ0) is 34.5. The molecule has 0 heterocycles. The van der Waals surface area contributed by atoms with Crippen molar-refractivity contribution in [1.29, 1.82) is 0 Å². The molecule has 46 heavy (non-hydrogen) atoms. The van der Waals surface area contributed by atoms with E-state index in [-0.39, 0.29) is 35.4 Å². The number of carboxylic acid groups (broad SMARTS) is 1. The second-order valence-corrected chi connectivity index (χ2v) is 12.8. The van der Waals surface area contributed by atoms with Crippen molar-refractivity contribution in [3.8, 4) is 0 Å². The van der Waals surface area contributed by atoms with E-state index in [1.807, 2.05) is 41.5 Å². The van der Waals surface area contributed by atoms with E-state index in [9.17, 15) is 19.5 Å². The average Bonchev–Trinajstić information content (AvgIpc) is 2.97. The van der Waals surface area contributed by atoms with Gasteiger partial charge in [0.15, 0.2) is 0 Å². The van der Waals surface area contributed by atoms with Crippen LogP contribution in [0.15, 0.2) is 0 Å². The third-order valence-electron chi connectivity index (χ3n) is 6.28. The molecule has 0 radical (unpaired) electrons. The summed E-state index contributed by atoms with van der Waals surface area (Å²) < 4.78 is 43.6. The Labute approximate surface area is 276 Å². The summed E-state index contributed by atoms with van der Waals surface area (Å²) in [5.41, 5.74) is -0.651. The zero-order valence-electron chi connectivity index (χ0n) is 29.4. The number of carbonyl (C=O) groups is 3. The number of carbonyl (C=O) groups excluding carboxylic acids is 2. The first-order valence-corrected chi connectivity index (χ1v) is 16.5. The highest BCUT2D eigenvalue weighted by molar-refractivity contribution is 5.83. The van der Waals surface area contributed by atoms with Gasteiger partial charge in [0.05, 0.1) is 99.1 Å². The second kappa shape index (κ2) is 28.5. The van der Waals surface area contributed by atoms with E-state index >= 15 is 0 Å². The summed E-state index contributed by atoms with van der Waals surface area (Å²) in [4.78, 5) is 35.2. The van der Waals surface area contributed by atoms with Crippen LogP contribution in [0.5, 0.6) is 0 Å². The van der Waals surface area contributed by atoms with Gasteiger partial charge in [-0.3, -0.25) is 19.7 Å². The predicted octanol–water partition coefficient (Wildman–Crippen LogP) is 3.10. The molecule has 13 nitrogen and oxygen atoms in total. The van der Waals surface area contributed by atoms with Crippen LogP contribution in [0.25, 0.3) is 0 Å². The summed E-state index contributed by atoms with van der Waals surface area (Å²) in [6.07, 6.45) is 1.91. The minimum atomic E-state index is -0.939. The van der Waals surface area contributed by atoms with Gasteiger partial charge in [0.25, 0.3) is 0 Å². The predicted molar refractivity (Wildman–Crippen MR) is 173 cm³/mol. The van der Waals surface area contributed by atoms with E-state index in [2.05, 4.69) is 5.32 Å².